The Morgan fingerprint density at radius 1 is 1.13 bits per heavy atom. The van der Waals surface area contributed by atoms with E-state index < -0.39 is 10.1 Å². The summed E-state index contributed by atoms with van der Waals surface area (Å²) >= 11 is 0. The average Bonchev–Trinajstić information content (AvgIpc) is 1.99. The Morgan fingerprint density at radius 2 is 1.53 bits per heavy atom. The van der Waals surface area contributed by atoms with Gasteiger partial charge in [0.1, 0.15) is 10.1 Å². The lowest BCUT2D eigenvalue weighted by molar-refractivity contribution is 0.463. The van der Waals surface area contributed by atoms with E-state index in [4.69, 9.17) is 0 Å². The predicted octanol–water partition coefficient (Wildman–Crippen LogP) is 2.33. The van der Waals surface area contributed by atoms with Gasteiger partial charge in [-0.15, -0.1) is 0 Å². The van der Waals surface area contributed by atoms with Crippen LogP contribution in [0.3, 0.4) is 0 Å². The van der Waals surface area contributed by atoms with Crippen molar-refractivity contribution in [2.75, 3.05) is 0 Å². The molecule has 15 heavy (non-hydrogen) atoms. The minimum absolute atomic E-state index is 0.137. The summed E-state index contributed by atoms with van der Waals surface area (Å²) in [7, 11) is -4.34. The standard InChI is InChI=1S/C11H16O3S/c1-7(2)11-8(3)5-10(6-9(11)4)15(12,13)14/h5-7H,1-4H3,(H,12,13,14)/p-1. The average molecular weight is 227 g/mol. The van der Waals surface area contributed by atoms with E-state index in [9.17, 15) is 13.0 Å². The molecule has 0 bridgehead atoms. The first-order chi connectivity index (χ1) is 6.73. The second-order valence-electron chi connectivity index (χ2n) is 4.08. The zero-order valence-corrected chi connectivity index (χ0v) is 10.2. The zero-order chi connectivity index (χ0) is 11.8. The van der Waals surface area contributed by atoms with Crippen molar-refractivity contribution < 1.29 is 13.0 Å². The first kappa shape index (κ1) is 12.2. The Labute approximate surface area is 90.9 Å². The number of hydrogen-bond donors (Lipinski definition) is 0. The monoisotopic (exact) mass is 227 g/mol. The van der Waals surface area contributed by atoms with Crippen molar-refractivity contribution in [1.82, 2.24) is 0 Å². The van der Waals surface area contributed by atoms with Crippen LogP contribution >= 0.6 is 0 Å². The fourth-order valence-corrected chi connectivity index (χ4v) is 2.63. The third-order valence-electron chi connectivity index (χ3n) is 2.43. The van der Waals surface area contributed by atoms with Gasteiger partial charge in [-0.3, -0.25) is 0 Å². The summed E-state index contributed by atoms with van der Waals surface area (Å²) in [6.45, 7) is 7.75. The maximum absolute atomic E-state index is 10.9. The van der Waals surface area contributed by atoms with E-state index in [1.54, 1.807) is 0 Å². The molecule has 0 N–H and O–H groups in total. The molecule has 0 amide bonds. The molecule has 0 heterocycles. The van der Waals surface area contributed by atoms with Gasteiger partial charge in [-0.1, -0.05) is 13.8 Å². The van der Waals surface area contributed by atoms with Gasteiger partial charge >= 0.3 is 0 Å². The highest BCUT2D eigenvalue weighted by molar-refractivity contribution is 7.85. The molecule has 84 valence electrons. The molecular formula is C11H15O3S-. The van der Waals surface area contributed by atoms with Crippen molar-refractivity contribution in [3.8, 4) is 0 Å². The van der Waals surface area contributed by atoms with E-state index in [1.165, 1.54) is 12.1 Å². The largest absolute Gasteiger partial charge is 0.744 e. The molecule has 0 radical (unpaired) electrons. The van der Waals surface area contributed by atoms with Gasteiger partial charge in [0.15, 0.2) is 0 Å². The minimum atomic E-state index is -4.34. The van der Waals surface area contributed by atoms with Crippen molar-refractivity contribution in [3.63, 3.8) is 0 Å². The SMILES string of the molecule is Cc1cc(S(=O)(=O)[O-])cc(C)c1C(C)C. The third-order valence-corrected chi connectivity index (χ3v) is 3.25. The van der Waals surface area contributed by atoms with Gasteiger partial charge in [0, 0.05) is 0 Å². The Morgan fingerprint density at radius 3 is 1.80 bits per heavy atom. The molecule has 1 aromatic rings. The molecule has 1 rings (SSSR count). The van der Waals surface area contributed by atoms with Gasteiger partial charge in [-0.05, 0) is 48.6 Å². The molecule has 0 aliphatic heterocycles. The fraction of sp³-hybridized carbons (Fsp3) is 0.455. The van der Waals surface area contributed by atoms with Gasteiger partial charge in [0.2, 0.25) is 0 Å². The van der Waals surface area contributed by atoms with Crippen LogP contribution in [0.4, 0.5) is 0 Å². The molecule has 0 saturated carbocycles. The highest BCUT2D eigenvalue weighted by atomic mass is 32.2. The Balaban J connectivity index is 3.45. The molecule has 3 nitrogen and oxygen atoms in total. The van der Waals surface area contributed by atoms with E-state index in [2.05, 4.69) is 0 Å². The second kappa shape index (κ2) is 3.94. The highest BCUT2D eigenvalue weighted by Crippen LogP contribution is 2.26. The quantitative estimate of drug-likeness (QED) is 0.728. The summed E-state index contributed by atoms with van der Waals surface area (Å²) in [6.07, 6.45) is 0. The molecular weight excluding hydrogens is 212 g/mol. The Hall–Kier alpha value is -0.870. The lowest BCUT2D eigenvalue weighted by atomic mass is 9.93. The predicted molar refractivity (Wildman–Crippen MR) is 58.0 cm³/mol. The third kappa shape index (κ3) is 2.58. The van der Waals surface area contributed by atoms with Crippen molar-refractivity contribution in [2.45, 2.75) is 38.5 Å². The molecule has 0 unspecified atom stereocenters. The van der Waals surface area contributed by atoms with Crippen LogP contribution in [0.25, 0.3) is 0 Å². The maximum Gasteiger partial charge on any atom is 0.124 e. The maximum atomic E-state index is 10.9. The van der Waals surface area contributed by atoms with Crippen molar-refractivity contribution in [3.05, 3.63) is 28.8 Å². The molecule has 0 aromatic heterocycles. The normalized spacial score (nSPS) is 12.1. The van der Waals surface area contributed by atoms with Gasteiger partial charge in [0.05, 0.1) is 4.90 Å². The number of hydrogen-bond acceptors (Lipinski definition) is 3. The van der Waals surface area contributed by atoms with Crippen LogP contribution in [-0.4, -0.2) is 13.0 Å². The van der Waals surface area contributed by atoms with Gasteiger partial charge in [0.25, 0.3) is 0 Å². The molecule has 0 aliphatic rings. The molecule has 0 saturated heterocycles. The van der Waals surface area contributed by atoms with Crippen LogP contribution < -0.4 is 0 Å². The molecule has 4 heteroatoms. The van der Waals surface area contributed by atoms with Crippen molar-refractivity contribution in [1.29, 1.82) is 0 Å². The molecule has 0 aliphatic carbocycles. The smallest absolute Gasteiger partial charge is 0.124 e. The van der Waals surface area contributed by atoms with E-state index >= 15 is 0 Å². The lowest BCUT2D eigenvalue weighted by Gasteiger charge is -2.16. The van der Waals surface area contributed by atoms with Gasteiger partial charge < -0.3 is 4.55 Å². The van der Waals surface area contributed by atoms with Gasteiger partial charge in [-0.25, -0.2) is 8.42 Å². The van der Waals surface area contributed by atoms with Gasteiger partial charge in [-0.2, -0.15) is 0 Å². The van der Waals surface area contributed by atoms with E-state index in [0.717, 1.165) is 16.7 Å². The first-order valence-electron chi connectivity index (χ1n) is 4.80. The summed E-state index contributed by atoms with van der Waals surface area (Å²) in [5.74, 6) is 0.327. The van der Waals surface area contributed by atoms with Crippen LogP contribution in [0, 0.1) is 13.8 Å². The fourth-order valence-electron chi connectivity index (χ4n) is 1.99. The molecule has 0 atom stereocenters. The minimum Gasteiger partial charge on any atom is -0.744 e. The summed E-state index contributed by atoms with van der Waals surface area (Å²) in [4.78, 5) is -0.137. The van der Waals surface area contributed by atoms with Crippen molar-refractivity contribution >= 4 is 10.1 Å². The van der Waals surface area contributed by atoms with E-state index in [0.29, 0.717) is 5.92 Å². The molecule has 0 fully saturated rings. The topological polar surface area (TPSA) is 57.2 Å². The van der Waals surface area contributed by atoms with Crippen LogP contribution in [0.5, 0.6) is 0 Å². The Bertz CT molecular complexity index is 450. The number of benzene rings is 1. The van der Waals surface area contributed by atoms with Crippen molar-refractivity contribution in [2.24, 2.45) is 0 Å². The van der Waals surface area contributed by atoms with Crippen LogP contribution in [0.2, 0.25) is 0 Å². The Kier molecular flexibility index (Phi) is 3.21. The highest BCUT2D eigenvalue weighted by Gasteiger charge is 2.11. The summed E-state index contributed by atoms with van der Waals surface area (Å²) in [5.41, 5.74) is 2.83. The van der Waals surface area contributed by atoms with E-state index in [-0.39, 0.29) is 4.90 Å². The second-order valence-corrected chi connectivity index (χ2v) is 5.46. The van der Waals surface area contributed by atoms with Crippen LogP contribution in [0.1, 0.15) is 36.5 Å². The summed E-state index contributed by atoms with van der Waals surface area (Å²) in [5, 5.41) is 0. The lowest BCUT2D eigenvalue weighted by Crippen LogP contribution is -2.03. The molecule has 0 spiro atoms. The zero-order valence-electron chi connectivity index (χ0n) is 9.37. The summed E-state index contributed by atoms with van der Waals surface area (Å²) in [6, 6.07) is 2.90. The van der Waals surface area contributed by atoms with Crippen LogP contribution in [-0.2, 0) is 10.1 Å². The summed E-state index contributed by atoms with van der Waals surface area (Å²) < 4.78 is 32.6. The van der Waals surface area contributed by atoms with Crippen LogP contribution in [0.15, 0.2) is 17.0 Å². The van der Waals surface area contributed by atoms with E-state index in [1.807, 2.05) is 27.7 Å². The molecule has 1 aromatic carbocycles. The number of rotatable bonds is 2. The number of aryl methyl sites for hydroxylation is 2. The first-order valence-corrected chi connectivity index (χ1v) is 6.21.